The van der Waals surface area contributed by atoms with E-state index in [0.717, 1.165) is 0 Å². The van der Waals surface area contributed by atoms with Gasteiger partial charge in [-0.25, -0.2) is 8.42 Å². The van der Waals surface area contributed by atoms with Crippen LogP contribution >= 0.6 is 11.6 Å². The number of furan rings is 1. The van der Waals surface area contributed by atoms with E-state index >= 15 is 0 Å². The summed E-state index contributed by atoms with van der Waals surface area (Å²) in [6.07, 6.45) is 1.25. The van der Waals surface area contributed by atoms with Crippen LogP contribution in [0.5, 0.6) is 11.5 Å². The minimum Gasteiger partial charge on any atom is -0.502 e. The quantitative estimate of drug-likeness (QED) is 0.645. The van der Waals surface area contributed by atoms with Crippen molar-refractivity contribution in [2.75, 3.05) is 4.72 Å². The van der Waals surface area contributed by atoms with E-state index in [4.69, 9.17) is 16.0 Å². The molecule has 21 heavy (non-hydrogen) atoms. The highest BCUT2D eigenvalue weighted by Crippen LogP contribution is 2.45. The highest BCUT2D eigenvalue weighted by atomic mass is 35.5. The SMILES string of the molecule is CCC.O=[SH](=O)Nc1oc(-c2ccc(Cl)cc2)c(O)c1O. The number of thiol groups is 1. The Morgan fingerprint density at radius 1 is 1.14 bits per heavy atom. The van der Waals surface area contributed by atoms with Crippen LogP contribution < -0.4 is 4.72 Å². The maximum Gasteiger partial charge on any atom is 0.253 e. The second-order valence-electron chi connectivity index (χ2n) is 4.04. The lowest BCUT2D eigenvalue weighted by molar-refractivity contribution is 0.410. The van der Waals surface area contributed by atoms with Gasteiger partial charge in [-0.05, 0) is 24.3 Å². The van der Waals surface area contributed by atoms with Crippen LogP contribution in [0.25, 0.3) is 11.3 Å². The Kier molecular flexibility index (Phi) is 6.39. The van der Waals surface area contributed by atoms with Crippen LogP contribution in [0.3, 0.4) is 0 Å². The molecule has 0 saturated carbocycles. The number of hydrogen-bond acceptors (Lipinski definition) is 5. The van der Waals surface area contributed by atoms with Gasteiger partial charge in [-0.1, -0.05) is 31.9 Å². The van der Waals surface area contributed by atoms with Crippen LogP contribution in [0.1, 0.15) is 20.3 Å². The van der Waals surface area contributed by atoms with Crippen molar-refractivity contribution in [2.24, 2.45) is 0 Å². The number of benzene rings is 1. The van der Waals surface area contributed by atoms with E-state index in [9.17, 15) is 18.6 Å². The summed E-state index contributed by atoms with van der Waals surface area (Å²) in [5.74, 6) is -1.70. The van der Waals surface area contributed by atoms with Gasteiger partial charge in [0.25, 0.3) is 5.88 Å². The molecule has 0 fully saturated rings. The molecule has 0 unspecified atom stereocenters. The van der Waals surface area contributed by atoms with Crippen molar-refractivity contribution in [3.63, 3.8) is 0 Å². The first-order chi connectivity index (χ1) is 9.90. The average molecular weight is 334 g/mol. The predicted molar refractivity (Wildman–Crippen MR) is 82.4 cm³/mol. The van der Waals surface area contributed by atoms with Gasteiger partial charge < -0.3 is 14.6 Å². The monoisotopic (exact) mass is 333 g/mol. The second-order valence-corrected chi connectivity index (χ2v) is 5.21. The minimum atomic E-state index is -3.00. The van der Waals surface area contributed by atoms with Gasteiger partial charge in [0.2, 0.25) is 22.4 Å². The molecule has 2 rings (SSSR count). The van der Waals surface area contributed by atoms with Crippen LogP contribution in [0.15, 0.2) is 28.7 Å². The molecule has 0 atom stereocenters. The average Bonchev–Trinajstić information content (AvgIpc) is 2.68. The van der Waals surface area contributed by atoms with E-state index in [0.29, 0.717) is 10.6 Å². The summed E-state index contributed by atoms with van der Waals surface area (Å²) >= 11 is 5.71. The fourth-order valence-electron chi connectivity index (χ4n) is 1.37. The van der Waals surface area contributed by atoms with Crippen LogP contribution in [0, 0.1) is 0 Å². The molecule has 3 N–H and O–H groups in total. The highest BCUT2D eigenvalue weighted by Gasteiger charge is 2.20. The van der Waals surface area contributed by atoms with Crippen LogP contribution in [0.2, 0.25) is 5.02 Å². The predicted octanol–water partition coefficient (Wildman–Crippen LogP) is 3.37. The lowest BCUT2D eigenvalue weighted by atomic mass is 10.1. The van der Waals surface area contributed by atoms with Crippen molar-refractivity contribution < 1.29 is 23.0 Å². The van der Waals surface area contributed by atoms with Gasteiger partial charge in [0, 0.05) is 10.6 Å². The van der Waals surface area contributed by atoms with E-state index in [1.807, 2.05) is 4.72 Å². The van der Waals surface area contributed by atoms with Gasteiger partial charge in [-0.3, -0.25) is 4.72 Å². The third-order valence-electron chi connectivity index (χ3n) is 2.16. The molecule has 2 aromatic rings. The third kappa shape index (κ3) is 4.57. The fourth-order valence-corrected chi connectivity index (χ4v) is 1.81. The molecule has 0 radical (unpaired) electrons. The van der Waals surface area contributed by atoms with Crippen molar-refractivity contribution in [1.82, 2.24) is 0 Å². The second kappa shape index (κ2) is 7.80. The molecular formula is C13H16ClNO5S. The Balaban J connectivity index is 0.000000677. The summed E-state index contributed by atoms with van der Waals surface area (Å²) in [7, 11) is -3.00. The number of nitrogens with one attached hydrogen (secondary N) is 1. The van der Waals surface area contributed by atoms with E-state index in [2.05, 4.69) is 13.8 Å². The Morgan fingerprint density at radius 3 is 2.14 bits per heavy atom. The molecule has 1 aromatic heterocycles. The van der Waals surface area contributed by atoms with Crippen molar-refractivity contribution >= 4 is 28.4 Å². The molecule has 116 valence electrons. The first-order valence-corrected chi connectivity index (χ1v) is 7.67. The van der Waals surface area contributed by atoms with Crippen LogP contribution in [-0.2, 0) is 10.9 Å². The van der Waals surface area contributed by atoms with Crippen molar-refractivity contribution in [3.8, 4) is 22.8 Å². The van der Waals surface area contributed by atoms with Crippen molar-refractivity contribution in [2.45, 2.75) is 20.3 Å². The summed E-state index contributed by atoms with van der Waals surface area (Å²) in [5.41, 5.74) is 0.446. The standard InChI is InChI=1S/C10H8ClNO5S.C3H8/c11-6-3-1-5(2-4-6)9-7(13)8(14)10(17-9)12-18(15)16;1-3-2/h1-4,13-14,18H,(H,12,15,16);3H2,1-2H3. The molecular weight excluding hydrogens is 318 g/mol. The zero-order valence-corrected chi connectivity index (χ0v) is 13.1. The van der Waals surface area contributed by atoms with E-state index in [-0.39, 0.29) is 5.76 Å². The van der Waals surface area contributed by atoms with Crippen molar-refractivity contribution in [3.05, 3.63) is 29.3 Å². The van der Waals surface area contributed by atoms with Gasteiger partial charge >= 0.3 is 0 Å². The molecule has 0 aliphatic heterocycles. The van der Waals surface area contributed by atoms with Gasteiger partial charge in [0.15, 0.2) is 5.76 Å². The van der Waals surface area contributed by atoms with Gasteiger partial charge in [0.05, 0.1) is 0 Å². The maximum atomic E-state index is 10.5. The smallest absolute Gasteiger partial charge is 0.253 e. The summed E-state index contributed by atoms with van der Waals surface area (Å²) in [6, 6.07) is 6.25. The zero-order valence-electron chi connectivity index (χ0n) is 11.5. The normalized spacial score (nSPS) is 10.1. The van der Waals surface area contributed by atoms with Crippen LogP contribution in [0.4, 0.5) is 5.88 Å². The number of hydrogen-bond donors (Lipinski definition) is 4. The number of rotatable bonds is 3. The van der Waals surface area contributed by atoms with E-state index < -0.39 is 28.3 Å². The molecule has 0 spiro atoms. The topological polar surface area (TPSA) is 99.8 Å². The summed E-state index contributed by atoms with van der Waals surface area (Å²) in [6.45, 7) is 4.25. The number of aromatic hydroxyl groups is 2. The fraction of sp³-hybridized carbons (Fsp3) is 0.231. The molecule has 1 heterocycles. The lowest BCUT2D eigenvalue weighted by Crippen LogP contribution is -1.92. The highest BCUT2D eigenvalue weighted by molar-refractivity contribution is 7.73. The largest absolute Gasteiger partial charge is 0.502 e. The molecule has 6 nitrogen and oxygen atoms in total. The molecule has 0 amide bonds. The van der Waals surface area contributed by atoms with Gasteiger partial charge in [-0.2, -0.15) is 0 Å². The number of anilines is 1. The zero-order chi connectivity index (χ0) is 16.0. The molecule has 0 aliphatic carbocycles. The Labute approximate surface area is 129 Å². The molecule has 1 aromatic carbocycles. The van der Waals surface area contributed by atoms with Crippen LogP contribution in [-0.4, -0.2) is 18.6 Å². The third-order valence-corrected chi connectivity index (χ3v) is 2.80. The number of halogens is 1. The Morgan fingerprint density at radius 2 is 1.67 bits per heavy atom. The Bertz CT molecular complexity index is 656. The molecule has 8 heteroatoms. The molecule has 0 bridgehead atoms. The molecule has 0 aliphatic rings. The summed E-state index contributed by atoms with van der Waals surface area (Å²) in [5, 5.41) is 19.6. The first-order valence-electron chi connectivity index (χ1n) is 6.12. The van der Waals surface area contributed by atoms with E-state index in [1.165, 1.54) is 6.42 Å². The Hall–Kier alpha value is -1.86. The summed E-state index contributed by atoms with van der Waals surface area (Å²) < 4.78 is 27.9. The minimum absolute atomic E-state index is 0.0523. The molecule has 0 saturated heterocycles. The van der Waals surface area contributed by atoms with Gasteiger partial charge in [0.1, 0.15) is 0 Å². The maximum absolute atomic E-state index is 10.5. The lowest BCUT2D eigenvalue weighted by Gasteiger charge is -1.97. The van der Waals surface area contributed by atoms with Crippen molar-refractivity contribution in [1.29, 1.82) is 0 Å². The first kappa shape index (κ1) is 17.2. The summed E-state index contributed by atoms with van der Waals surface area (Å²) in [4.78, 5) is 0. The van der Waals surface area contributed by atoms with E-state index in [1.54, 1.807) is 24.3 Å². The van der Waals surface area contributed by atoms with Gasteiger partial charge in [-0.15, -0.1) is 0 Å².